The third-order valence-electron chi connectivity index (χ3n) is 23.5. The number of nitrogens with zero attached hydrogens (tertiary/aromatic N) is 3. The largest absolute Gasteiger partial charge is 0.311 e. The van der Waals surface area contributed by atoms with E-state index in [0.717, 1.165) is 62.1 Å². The Balaban J connectivity index is 1.10. The Morgan fingerprint density at radius 1 is 0.252 bits per heavy atom. The Morgan fingerprint density at radius 3 is 0.907 bits per heavy atom. The molecule has 0 saturated carbocycles. The lowest BCUT2D eigenvalue weighted by Gasteiger charge is -2.46. The lowest BCUT2D eigenvalue weighted by Crippen LogP contribution is -2.61. The van der Waals surface area contributed by atoms with E-state index in [2.05, 4.69) is 423 Å². The highest BCUT2D eigenvalue weighted by atomic mass is 15.2. The molecule has 0 amide bonds. The Kier molecular flexibility index (Phi) is 17.4. The minimum absolute atomic E-state index is 0.00759. The van der Waals surface area contributed by atoms with Gasteiger partial charge in [0.1, 0.15) is 0 Å². The number of rotatable bonds is 9. The van der Waals surface area contributed by atoms with Gasteiger partial charge in [0, 0.05) is 50.9 Å². The van der Waals surface area contributed by atoms with Crippen LogP contribution in [-0.4, -0.2) is 6.71 Å². The van der Waals surface area contributed by atoms with Gasteiger partial charge in [-0.05, 0) is 245 Å². The van der Waals surface area contributed by atoms with E-state index in [0.29, 0.717) is 0 Å². The lowest BCUT2D eigenvalue weighted by molar-refractivity contribution is 0.590. The summed E-state index contributed by atoms with van der Waals surface area (Å²) in [5.41, 5.74) is 37.1. The van der Waals surface area contributed by atoms with Gasteiger partial charge in [0.15, 0.2) is 0 Å². The molecule has 0 radical (unpaired) electrons. The summed E-state index contributed by atoms with van der Waals surface area (Å²) >= 11 is 0. The first kappa shape index (κ1) is 72.7. The molecule has 0 saturated heterocycles. The fraction of sp³-hybridized carbons (Fsp3) is 0.301. The summed E-state index contributed by atoms with van der Waals surface area (Å²) in [4.78, 5) is 7.93. The van der Waals surface area contributed by atoms with Crippen LogP contribution in [-0.2, 0) is 43.3 Å². The third kappa shape index (κ3) is 13.4. The first-order valence-corrected chi connectivity index (χ1v) is 39.1. The van der Waals surface area contributed by atoms with E-state index in [9.17, 15) is 0 Å². The van der Waals surface area contributed by atoms with Crippen LogP contribution in [0.3, 0.4) is 0 Å². The molecule has 12 aromatic rings. The van der Waals surface area contributed by atoms with Crippen LogP contribution in [0.1, 0.15) is 209 Å². The van der Waals surface area contributed by atoms with Gasteiger partial charge in [-0.15, -0.1) is 0 Å². The Morgan fingerprint density at radius 2 is 0.561 bits per heavy atom. The van der Waals surface area contributed by atoms with Gasteiger partial charge in [-0.25, -0.2) is 0 Å². The van der Waals surface area contributed by atoms with Crippen molar-refractivity contribution in [2.75, 3.05) is 14.7 Å². The molecule has 4 heteroatoms. The molecule has 0 bridgehead atoms. The molecule has 3 aliphatic rings. The van der Waals surface area contributed by atoms with Gasteiger partial charge in [-0.3, -0.25) is 0 Å². The minimum atomic E-state index is -0.247. The Hall–Kier alpha value is -9.90. The van der Waals surface area contributed by atoms with Crippen LogP contribution in [0.2, 0.25) is 0 Å². The van der Waals surface area contributed by atoms with Gasteiger partial charge in [0.2, 0.25) is 0 Å². The topological polar surface area (TPSA) is 9.72 Å². The zero-order chi connectivity index (χ0) is 76.2. The van der Waals surface area contributed by atoms with Crippen LogP contribution in [0, 0.1) is 0 Å². The van der Waals surface area contributed by atoms with Crippen LogP contribution >= 0.6 is 0 Å². The van der Waals surface area contributed by atoms with Gasteiger partial charge < -0.3 is 14.7 Å². The molecule has 15 rings (SSSR count). The summed E-state index contributed by atoms with van der Waals surface area (Å²) in [5, 5.41) is 0. The monoisotopic (exact) mass is 1400 g/mol. The molecule has 12 aromatic carbocycles. The van der Waals surface area contributed by atoms with Crippen LogP contribution in [0.4, 0.5) is 51.2 Å². The number of fused-ring (bicyclic) bond motifs is 7. The Bertz CT molecular complexity index is 5020. The van der Waals surface area contributed by atoms with Crippen molar-refractivity contribution in [3.05, 3.63) is 299 Å². The first-order chi connectivity index (χ1) is 50.2. The highest BCUT2D eigenvalue weighted by Crippen LogP contribution is 2.54. The van der Waals surface area contributed by atoms with Gasteiger partial charge in [-0.1, -0.05) is 323 Å². The first-order valence-electron chi connectivity index (χ1n) is 39.1. The van der Waals surface area contributed by atoms with Crippen molar-refractivity contribution in [1.29, 1.82) is 0 Å². The maximum absolute atomic E-state index is 2.68. The van der Waals surface area contributed by atoms with Crippen molar-refractivity contribution in [2.24, 2.45) is 0 Å². The molecular formula is C103H110BN3. The van der Waals surface area contributed by atoms with Crippen LogP contribution in [0.5, 0.6) is 0 Å². The second kappa shape index (κ2) is 25.6. The fourth-order valence-electron chi connectivity index (χ4n) is 16.8. The van der Waals surface area contributed by atoms with Crippen molar-refractivity contribution in [3.63, 3.8) is 0 Å². The zero-order valence-electron chi connectivity index (χ0n) is 68.1. The Labute approximate surface area is 641 Å². The second-order valence-corrected chi connectivity index (χ2v) is 38.9. The average Bonchev–Trinajstić information content (AvgIpc) is 1.25. The maximum atomic E-state index is 2.68. The van der Waals surface area contributed by atoms with E-state index >= 15 is 0 Å². The summed E-state index contributed by atoms with van der Waals surface area (Å²) in [7, 11) is 0. The van der Waals surface area contributed by atoms with E-state index in [1.165, 1.54) is 111 Å². The van der Waals surface area contributed by atoms with Crippen molar-refractivity contribution in [2.45, 2.75) is 203 Å². The van der Waals surface area contributed by atoms with Crippen LogP contribution in [0.15, 0.2) is 249 Å². The summed E-state index contributed by atoms with van der Waals surface area (Å²) in [6.45, 7) is 53.6. The standard InChI is InChI=1S/C103H110BN3/c1-96(2,3)73-36-28-65(29-37-73)69-54-70(66-30-38-74(39-31-66)97(4,5)6)57-82(56-69)106-91-52-46-78(101(16,17)18)60-89(91)104-90-61-79(102(19,20)21)47-53-92(90)107(83-58-71(67-32-40-75(41-33-67)98(7,8)9)55-72(59-83)68-34-42-76(43-35-68)99(10,11)12)94-64-84(63-93(106)95(94)104)105(80-48-44-77(45-49-80)100(13,14)15)81-50-51-86-85-26-24-25-27-87(85)103(22,23)88(86)62-81/h24-64H,1-23H3. The fourth-order valence-corrected chi connectivity index (χ4v) is 16.8. The summed E-state index contributed by atoms with van der Waals surface area (Å²) in [6.07, 6.45) is 0. The number of anilines is 9. The van der Waals surface area contributed by atoms with Gasteiger partial charge >= 0.3 is 0 Å². The van der Waals surface area contributed by atoms with Crippen LogP contribution < -0.4 is 31.1 Å². The number of hydrogen-bond donors (Lipinski definition) is 0. The van der Waals surface area contributed by atoms with E-state index in [1.54, 1.807) is 0 Å². The van der Waals surface area contributed by atoms with Crippen molar-refractivity contribution in [3.8, 4) is 55.6 Å². The molecule has 2 aliphatic heterocycles. The summed E-state index contributed by atoms with van der Waals surface area (Å²) in [6, 6.07) is 98.4. The highest BCUT2D eigenvalue weighted by molar-refractivity contribution is 7.00. The summed E-state index contributed by atoms with van der Waals surface area (Å²) < 4.78 is 0. The molecule has 1 aliphatic carbocycles. The predicted octanol–water partition coefficient (Wildman–Crippen LogP) is 27.3. The number of benzene rings is 12. The molecule has 540 valence electrons. The van der Waals surface area contributed by atoms with Crippen LogP contribution in [0.25, 0.3) is 55.6 Å². The summed E-state index contributed by atoms with van der Waals surface area (Å²) in [5.74, 6) is 0. The third-order valence-corrected chi connectivity index (χ3v) is 23.5. The molecule has 0 spiro atoms. The normalized spacial score (nSPS) is 14.1. The van der Waals surface area contributed by atoms with Gasteiger partial charge in [0.05, 0.1) is 5.69 Å². The number of hydrogen-bond acceptors (Lipinski definition) is 3. The van der Waals surface area contributed by atoms with E-state index in [1.807, 2.05) is 0 Å². The molecule has 0 fully saturated rings. The van der Waals surface area contributed by atoms with Gasteiger partial charge in [-0.2, -0.15) is 0 Å². The molecule has 0 atom stereocenters. The quantitative estimate of drug-likeness (QED) is 0.133. The molecule has 107 heavy (non-hydrogen) atoms. The van der Waals surface area contributed by atoms with E-state index in [4.69, 9.17) is 0 Å². The van der Waals surface area contributed by atoms with E-state index in [-0.39, 0.29) is 50.0 Å². The zero-order valence-corrected chi connectivity index (χ0v) is 68.1. The molecule has 0 aromatic heterocycles. The highest BCUT2D eigenvalue weighted by Gasteiger charge is 2.46. The average molecular weight is 1400 g/mol. The van der Waals surface area contributed by atoms with Crippen molar-refractivity contribution < 1.29 is 0 Å². The molecule has 2 heterocycles. The van der Waals surface area contributed by atoms with Crippen molar-refractivity contribution >= 4 is 74.3 Å². The smallest absolute Gasteiger partial charge is 0.252 e. The molecular weight excluding hydrogens is 1290 g/mol. The van der Waals surface area contributed by atoms with Crippen molar-refractivity contribution in [1.82, 2.24) is 0 Å². The predicted molar refractivity (Wildman–Crippen MR) is 465 cm³/mol. The lowest BCUT2D eigenvalue weighted by atomic mass is 9.33. The van der Waals surface area contributed by atoms with Gasteiger partial charge in [0.25, 0.3) is 6.71 Å². The maximum Gasteiger partial charge on any atom is 0.252 e. The second-order valence-electron chi connectivity index (χ2n) is 38.9. The van der Waals surface area contributed by atoms with E-state index < -0.39 is 0 Å². The minimum Gasteiger partial charge on any atom is -0.311 e. The molecule has 0 unspecified atom stereocenters. The SMILES string of the molecule is CC(C)(C)c1ccc(-c2cc(-c3ccc(C(C)(C)C)cc3)cc(N3c4ccc(C(C)(C)C)cc4B4c5cc(C(C)(C)C)ccc5N(c5cc(-c6ccc(C(C)(C)C)cc6)cc(-c6ccc(C(C)(C)C)cc6)c5)c5cc(N(c6ccc(C(C)(C)C)cc6)c6ccc7c(c6)C(C)(C)c6ccccc6-7)cc3c54)c2)cc1. The molecule has 0 N–H and O–H groups in total. The molecule has 3 nitrogen and oxygen atoms in total.